The maximum atomic E-state index is 11.0. The molecule has 0 saturated heterocycles. The number of anilines is 2. The average molecular weight is 254 g/mol. The molecule has 6 heteroatoms. The topological polar surface area (TPSA) is 98.9 Å². The fourth-order valence-electron chi connectivity index (χ4n) is 1.58. The Labute approximate surface area is 109 Å². The maximum Gasteiger partial charge on any atom is 0.336 e. The van der Waals surface area contributed by atoms with Gasteiger partial charge in [0, 0.05) is 5.69 Å². The number of hydrogen-bond acceptors (Lipinski definition) is 5. The van der Waals surface area contributed by atoms with E-state index in [0.717, 1.165) is 0 Å². The second kappa shape index (κ2) is 5.14. The lowest BCUT2D eigenvalue weighted by Crippen LogP contribution is -2.02. The molecule has 94 valence electrons. The van der Waals surface area contributed by atoms with Crippen LogP contribution in [0.3, 0.4) is 0 Å². The fraction of sp³-hybridized carbons (Fsp3) is 0.0769. The van der Waals surface area contributed by atoms with Crippen molar-refractivity contribution in [2.24, 2.45) is 0 Å². The third-order valence-electron chi connectivity index (χ3n) is 2.56. The first-order valence-corrected chi connectivity index (χ1v) is 5.43. The van der Waals surface area contributed by atoms with E-state index in [9.17, 15) is 4.79 Å². The molecule has 0 aliphatic rings. The molecule has 2 rings (SSSR count). The number of aromatic nitrogens is 2. The number of carboxylic acid groups (broad SMARTS) is 1. The van der Waals surface area contributed by atoms with Crippen LogP contribution in [0.15, 0.2) is 30.7 Å². The lowest BCUT2D eigenvalue weighted by Gasteiger charge is -2.08. The largest absolute Gasteiger partial charge is 0.478 e. The van der Waals surface area contributed by atoms with Crippen LogP contribution >= 0.6 is 0 Å². The number of carbonyl (C=O) groups is 1. The van der Waals surface area contributed by atoms with E-state index >= 15 is 0 Å². The zero-order valence-electron chi connectivity index (χ0n) is 10.1. The number of nitriles is 1. The third-order valence-corrected chi connectivity index (χ3v) is 2.56. The molecule has 0 amide bonds. The van der Waals surface area contributed by atoms with Gasteiger partial charge in [0.2, 0.25) is 0 Å². The number of aromatic carboxylic acids is 1. The zero-order valence-corrected chi connectivity index (χ0v) is 10.1. The highest BCUT2D eigenvalue weighted by Gasteiger charge is 2.09. The molecule has 0 saturated carbocycles. The molecule has 0 unspecified atom stereocenters. The fourth-order valence-corrected chi connectivity index (χ4v) is 1.58. The number of aryl methyl sites for hydroxylation is 1. The predicted octanol–water partition coefficient (Wildman–Crippen LogP) is 2.10. The highest BCUT2D eigenvalue weighted by atomic mass is 16.4. The highest BCUT2D eigenvalue weighted by molar-refractivity contribution is 5.90. The van der Waals surface area contributed by atoms with Gasteiger partial charge in [-0.25, -0.2) is 14.8 Å². The van der Waals surface area contributed by atoms with Gasteiger partial charge in [-0.15, -0.1) is 0 Å². The summed E-state index contributed by atoms with van der Waals surface area (Å²) in [6.45, 7) is 1.72. The van der Waals surface area contributed by atoms with Crippen LogP contribution in [0.1, 0.15) is 21.5 Å². The van der Waals surface area contributed by atoms with Crippen LogP contribution in [-0.4, -0.2) is 21.0 Å². The lowest BCUT2D eigenvalue weighted by atomic mass is 10.1. The molecule has 2 aromatic rings. The van der Waals surface area contributed by atoms with Crippen molar-refractivity contribution in [2.45, 2.75) is 6.92 Å². The first-order valence-electron chi connectivity index (χ1n) is 5.43. The number of nitrogens with one attached hydrogen (secondary N) is 1. The minimum atomic E-state index is -0.996. The van der Waals surface area contributed by atoms with E-state index in [1.54, 1.807) is 19.1 Å². The molecule has 0 radical (unpaired) electrons. The van der Waals surface area contributed by atoms with Gasteiger partial charge in [0.15, 0.2) is 5.82 Å². The van der Waals surface area contributed by atoms with E-state index in [0.29, 0.717) is 22.6 Å². The van der Waals surface area contributed by atoms with Crippen molar-refractivity contribution in [3.8, 4) is 6.07 Å². The number of rotatable bonds is 3. The highest BCUT2D eigenvalue weighted by Crippen LogP contribution is 2.20. The van der Waals surface area contributed by atoms with Gasteiger partial charge in [0.05, 0.1) is 11.8 Å². The minimum absolute atomic E-state index is 0.206. The predicted molar refractivity (Wildman–Crippen MR) is 68.2 cm³/mol. The minimum Gasteiger partial charge on any atom is -0.478 e. The Morgan fingerprint density at radius 2 is 2.26 bits per heavy atom. The molecule has 2 N–H and O–H groups in total. The molecule has 0 fully saturated rings. The normalized spacial score (nSPS) is 9.68. The van der Waals surface area contributed by atoms with E-state index < -0.39 is 5.97 Å². The van der Waals surface area contributed by atoms with E-state index in [2.05, 4.69) is 15.3 Å². The Kier molecular flexibility index (Phi) is 3.39. The molecule has 1 aromatic heterocycles. The molecular formula is C13H10N4O2. The molecule has 1 heterocycles. The molecule has 1 aromatic carbocycles. The van der Waals surface area contributed by atoms with Crippen molar-refractivity contribution in [3.63, 3.8) is 0 Å². The number of nitrogens with zero attached hydrogens (tertiary/aromatic N) is 3. The molecule has 0 bridgehead atoms. The van der Waals surface area contributed by atoms with Gasteiger partial charge in [0.1, 0.15) is 18.0 Å². The standard InChI is InChI=1S/C13H10N4O2/c1-8-2-3-10(4-11(8)13(18)19)17-12-9(5-14)6-15-7-16-12/h2-4,6-7H,1H3,(H,18,19)(H,15,16,17). The smallest absolute Gasteiger partial charge is 0.336 e. The average Bonchev–Trinajstić information content (AvgIpc) is 2.41. The maximum absolute atomic E-state index is 11.0. The van der Waals surface area contributed by atoms with E-state index in [1.807, 2.05) is 6.07 Å². The van der Waals surface area contributed by atoms with Crippen molar-refractivity contribution >= 4 is 17.5 Å². The quantitative estimate of drug-likeness (QED) is 0.870. The number of benzene rings is 1. The molecule has 0 aliphatic heterocycles. The van der Waals surface area contributed by atoms with Crippen LogP contribution in [0.25, 0.3) is 0 Å². The van der Waals surface area contributed by atoms with Crippen LogP contribution in [0, 0.1) is 18.3 Å². The van der Waals surface area contributed by atoms with Crippen molar-refractivity contribution in [1.29, 1.82) is 5.26 Å². The van der Waals surface area contributed by atoms with Crippen LogP contribution < -0.4 is 5.32 Å². The summed E-state index contributed by atoms with van der Waals surface area (Å²) >= 11 is 0. The lowest BCUT2D eigenvalue weighted by molar-refractivity contribution is 0.0696. The second-order valence-corrected chi connectivity index (χ2v) is 3.86. The Bertz CT molecular complexity index is 677. The van der Waals surface area contributed by atoms with E-state index in [-0.39, 0.29) is 5.56 Å². The van der Waals surface area contributed by atoms with Gasteiger partial charge >= 0.3 is 5.97 Å². The summed E-state index contributed by atoms with van der Waals surface area (Å²) in [7, 11) is 0. The first kappa shape index (κ1) is 12.5. The molecule has 6 nitrogen and oxygen atoms in total. The summed E-state index contributed by atoms with van der Waals surface area (Å²) in [6.07, 6.45) is 2.71. The van der Waals surface area contributed by atoms with Gasteiger partial charge in [0.25, 0.3) is 0 Å². The van der Waals surface area contributed by atoms with Crippen LogP contribution in [0.2, 0.25) is 0 Å². The summed E-state index contributed by atoms with van der Waals surface area (Å²) < 4.78 is 0. The Hall–Kier alpha value is -2.94. The van der Waals surface area contributed by atoms with Crippen molar-refractivity contribution in [2.75, 3.05) is 5.32 Å². The summed E-state index contributed by atoms with van der Waals surface area (Å²) in [5, 5.41) is 20.9. The third kappa shape index (κ3) is 2.66. The van der Waals surface area contributed by atoms with Gasteiger partial charge in [-0.1, -0.05) is 6.07 Å². The van der Waals surface area contributed by atoms with Crippen LogP contribution in [-0.2, 0) is 0 Å². The molecule has 0 spiro atoms. The summed E-state index contributed by atoms with van der Waals surface area (Å²) in [6, 6.07) is 6.88. The second-order valence-electron chi connectivity index (χ2n) is 3.86. The van der Waals surface area contributed by atoms with Gasteiger partial charge in [-0.3, -0.25) is 0 Å². The van der Waals surface area contributed by atoms with Crippen molar-refractivity contribution < 1.29 is 9.90 Å². The summed E-state index contributed by atoms with van der Waals surface area (Å²) in [5.74, 6) is -0.651. The van der Waals surface area contributed by atoms with Crippen molar-refractivity contribution in [3.05, 3.63) is 47.4 Å². The molecular weight excluding hydrogens is 244 g/mol. The number of carboxylic acids is 1. The van der Waals surface area contributed by atoms with Gasteiger partial charge in [-0.05, 0) is 24.6 Å². The first-order chi connectivity index (χ1) is 9.11. The molecule has 0 aliphatic carbocycles. The SMILES string of the molecule is Cc1ccc(Nc2ncncc2C#N)cc1C(=O)O. The Balaban J connectivity index is 2.37. The summed E-state index contributed by atoms with van der Waals surface area (Å²) in [5.41, 5.74) is 1.72. The summed E-state index contributed by atoms with van der Waals surface area (Å²) in [4.78, 5) is 18.7. The monoisotopic (exact) mass is 254 g/mol. The Morgan fingerprint density at radius 1 is 1.47 bits per heavy atom. The van der Waals surface area contributed by atoms with Gasteiger partial charge in [-0.2, -0.15) is 5.26 Å². The van der Waals surface area contributed by atoms with Crippen LogP contribution in [0.4, 0.5) is 11.5 Å². The van der Waals surface area contributed by atoms with E-state index in [4.69, 9.17) is 10.4 Å². The Morgan fingerprint density at radius 3 is 2.95 bits per heavy atom. The van der Waals surface area contributed by atoms with Crippen molar-refractivity contribution in [1.82, 2.24) is 9.97 Å². The zero-order chi connectivity index (χ0) is 13.8. The molecule has 0 atom stereocenters. The van der Waals surface area contributed by atoms with E-state index in [1.165, 1.54) is 18.6 Å². The molecule has 19 heavy (non-hydrogen) atoms. The van der Waals surface area contributed by atoms with Crippen LogP contribution in [0.5, 0.6) is 0 Å². The number of hydrogen-bond donors (Lipinski definition) is 2. The van der Waals surface area contributed by atoms with Gasteiger partial charge < -0.3 is 10.4 Å².